The highest BCUT2D eigenvalue weighted by Gasteiger charge is 2.31. The minimum Gasteiger partial charge on any atom is -0.467 e. The van der Waals surface area contributed by atoms with E-state index in [9.17, 15) is 9.90 Å². The fourth-order valence-corrected chi connectivity index (χ4v) is 1.44. The Morgan fingerprint density at radius 3 is 2.88 bits per heavy atom. The van der Waals surface area contributed by atoms with Crippen LogP contribution < -0.4 is 0 Å². The Morgan fingerprint density at radius 1 is 1.69 bits per heavy atom. The molecular weight excluding hydrogens is 212 g/mol. The van der Waals surface area contributed by atoms with Crippen LogP contribution in [0, 0.1) is 0 Å². The van der Waals surface area contributed by atoms with E-state index in [2.05, 4.69) is 4.74 Å². The van der Waals surface area contributed by atoms with Crippen molar-refractivity contribution in [2.24, 2.45) is 0 Å². The molecule has 1 aliphatic heterocycles. The number of carbonyl (C=O) groups excluding carboxylic acids is 1. The van der Waals surface area contributed by atoms with Crippen molar-refractivity contribution < 1.29 is 24.1 Å². The molecule has 16 heavy (non-hydrogen) atoms. The van der Waals surface area contributed by atoms with Gasteiger partial charge in [-0.15, -0.1) is 0 Å². The number of methoxy groups -OCH3 is 1. The third kappa shape index (κ3) is 3.92. The van der Waals surface area contributed by atoms with Crippen molar-refractivity contribution in [1.29, 1.82) is 0 Å². The summed E-state index contributed by atoms with van der Waals surface area (Å²) in [6, 6.07) is 0. The quantitative estimate of drug-likeness (QED) is 0.566. The molecule has 0 radical (unpaired) electrons. The van der Waals surface area contributed by atoms with Crippen molar-refractivity contribution in [2.75, 3.05) is 13.7 Å². The maximum absolute atomic E-state index is 10.9. The fourth-order valence-electron chi connectivity index (χ4n) is 1.44. The number of hydrogen-bond donors (Lipinski definition) is 1. The van der Waals surface area contributed by atoms with Crippen molar-refractivity contribution in [3.8, 4) is 0 Å². The molecule has 0 aromatic carbocycles. The van der Waals surface area contributed by atoms with Crippen LogP contribution in [-0.4, -0.2) is 42.8 Å². The summed E-state index contributed by atoms with van der Waals surface area (Å²) in [6.45, 7) is 4.21. The number of hydrogen-bond acceptors (Lipinski definition) is 5. The van der Waals surface area contributed by atoms with Crippen LogP contribution in [0.2, 0.25) is 0 Å². The normalized spacial score (nSPS) is 25.9. The lowest BCUT2D eigenvalue weighted by Crippen LogP contribution is -2.21. The Labute approximate surface area is 95.0 Å². The Balaban J connectivity index is 2.30. The molecule has 1 fully saturated rings. The van der Waals surface area contributed by atoms with Gasteiger partial charge in [0.15, 0.2) is 11.9 Å². The van der Waals surface area contributed by atoms with Gasteiger partial charge in [-0.3, -0.25) is 0 Å². The Kier molecular flexibility index (Phi) is 4.46. The van der Waals surface area contributed by atoms with E-state index in [4.69, 9.17) is 9.47 Å². The van der Waals surface area contributed by atoms with Crippen LogP contribution in [0.1, 0.15) is 20.3 Å². The van der Waals surface area contributed by atoms with E-state index < -0.39 is 17.9 Å². The smallest absolute Gasteiger partial charge is 0.338 e. The molecule has 1 saturated heterocycles. The first-order valence-corrected chi connectivity index (χ1v) is 5.19. The van der Waals surface area contributed by atoms with Gasteiger partial charge in [0.2, 0.25) is 0 Å². The summed E-state index contributed by atoms with van der Waals surface area (Å²) in [7, 11) is 1.23. The number of ether oxygens (including phenoxy) is 3. The van der Waals surface area contributed by atoms with Crippen molar-refractivity contribution in [1.82, 2.24) is 0 Å². The number of aliphatic hydroxyl groups is 1. The minimum atomic E-state index is -1.21. The molecule has 0 bridgehead atoms. The monoisotopic (exact) mass is 230 g/mol. The van der Waals surface area contributed by atoms with Crippen LogP contribution in [0.15, 0.2) is 12.2 Å². The summed E-state index contributed by atoms with van der Waals surface area (Å²) in [5, 5.41) is 9.26. The molecule has 0 aromatic heterocycles. The molecular formula is C11H18O5. The Hall–Kier alpha value is -0.910. The van der Waals surface area contributed by atoms with Gasteiger partial charge in [0.25, 0.3) is 0 Å². The van der Waals surface area contributed by atoms with E-state index in [-0.39, 0.29) is 6.10 Å². The molecule has 0 aliphatic carbocycles. The van der Waals surface area contributed by atoms with Crippen LogP contribution in [0.4, 0.5) is 0 Å². The second kappa shape index (κ2) is 5.43. The molecule has 0 spiro atoms. The van der Waals surface area contributed by atoms with Crippen molar-refractivity contribution in [3.63, 3.8) is 0 Å². The molecule has 1 N–H and O–H groups in total. The minimum absolute atomic E-state index is 0.0314. The van der Waals surface area contributed by atoms with Crippen LogP contribution >= 0.6 is 0 Å². The zero-order valence-electron chi connectivity index (χ0n) is 9.80. The molecule has 2 atom stereocenters. The second-order valence-electron chi connectivity index (χ2n) is 4.08. The summed E-state index contributed by atoms with van der Waals surface area (Å²) in [5.74, 6) is -1.21. The summed E-state index contributed by atoms with van der Waals surface area (Å²) < 4.78 is 15.3. The average molecular weight is 230 g/mol. The van der Waals surface area contributed by atoms with Gasteiger partial charge >= 0.3 is 5.97 Å². The lowest BCUT2D eigenvalue weighted by molar-refractivity contribution is -0.147. The molecule has 0 amide bonds. The molecule has 0 unspecified atom stereocenters. The maximum Gasteiger partial charge on any atom is 0.338 e. The van der Waals surface area contributed by atoms with Gasteiger partial charge in [-0.1, -0.05) is 6.08 Å². The molecule has 5 nitrogen and oxygen atoms in total. The summed E-state index contributed by atoms with van der Waals surface area (Å²) in [6.07, 6.45) is 2.44. The first kappa shape index (κ1) is 13.2. The molecule has 1 rings (SSSR count). The maximum atomic E-state index is 10.9. The van der Waals surface area contributed by atoms with Crippen molar-refractivity contribution in [3.05, 3.63) is 12.2 Å². The van der Waals surface area contributed by atoms with Gasteiger partial charge in [-0.2, -0.15) is 0 Å². The van der Waals surface area contributed by atoms with Gasteiger partial charge in [-0.05, 0) is 26.3 Å². The Bertz CT molecular complexity index is 272. The van der Waals surface area contributed by atoms with Gasteiger partial charge in [0.05, 0.1) is 19.8 Å². The SMILES string of the molecule is COC(=O)[C@@H](O)/C=C/C[C@H]1COC(C)(C)O1. The molecule has 5 heteroatoms. The largest absolute Gasteiger partial charge is 0.467 e. The van der Waals surface area contributed by atoms with Crippen LogP contribution in [0.25, 0.3) is 0 Å². The van der Waals surface area contributed by atoms with Gasteiger partial charge in [0, 0.05) is 0 Å². The number of carbonyl (C=O) groups is 1. The first-order valence-electron chi connectivity index (χ1n) is 5.19. The van der Waals surface area contributed by atoms with E-state index in [1.165, 1.54) is 13.2 Å². The first-order chi connectivity index (χ1) is 7.44. The van der Waals surface area contributed by atoms with E-state index in [0.717, 1.165) is 0 Å². The highest BCUT2D eigenvalue weighted by atomic mass is 16.7. The molecule has 1 heterocycles. The highest BCUT2D eigenvalue weighted by Crippen LogP contribution is 2.24. The zero-order chi connectivity index (χ0) is 12.2. The zero-order valence-corrected chi connectivity index (χ0v) is 9.80. The standard InChI is InChI=1S/C11H18O5/c1-11(2)15-7-8(16-11)5-4-6-9(12)10(13)14-3/h4,6,8-9,12H,5,7H2,1-3H3/b6-4+/t8-,9-/m0/s1. The van der Waals surface area contributed by atoms with Gasteiger partial charge < -0.3 is 19.3 Å². The van der Waals surface area contributed by atoms with Gasteiger partial charge in [-0.25, -0.2) is 4.79 Å². The number of rotatable bonds is 4. The van der Waals surface area contributed by atoms with Gasteiger partial charge in [0.1, 0.15) is 0 Å². The molecule has 0 saturated carbocycles. The van der Waals surface area contributed by atoms with Crippen molar-refractivity contribution >= 4 is 5.97 Å². The Morgan fingerprint density at radius 2 is 2.38 bits per heavy atom. The van der Waals surface area contributed by atoms with E-state index in [0.29, 0.717) is 13.0 Å². The van der Waals surface area contributed by atoms with Crippen LogP contribution in [0.5, 0.6) is 0 Å². The highest BCUT2D eigenvalue weighted by molar-refractivity contribution is 5.76. The molecule has 0 aromatic rings. The predicted octanol–water partition coefficient (Wildman–Crippen LogP) is 0.618. The third-order valence-corrected chi connectivity index (χ3v) is 2.23. The summed E-state index contributed by atoms with van der Waals surface area (Å²) in [4.78, 5) is 10.9. The second-order valence-corrected chi connectivity index (χ2v) is 4.08. The van der Waals surface area contributed by atoms with Crippen LogP contribution in [0.3, 0.4) is 0 Å². The lowest BCUT2D eigenvalue weighted by Gasteiger charge is -2.16. The van der Waals surface area contributed by atoms with E-state index in [1.54, 1.807) is 6.08 Å². The predicted molar refractivity (Wildman–Crippen MR) is 56.7 cm³/mol. The molecule has 1 aliphatic rings. The third-order valence-electron chi connectivity index (χ3n) is 2.23. The van der Waals surface area contributed by atoms with E-state index in [1.807, 2.05) is 13.8 Å². The van der Waals surface area contributed by atoms with E-state index >= 15 is 0 Å². The lowest BCUT2D eigenvalue weighted by atomic mass is 10.2. The van der Waals surface area contributed by atoms with Crippen LogP contribution in [-0.2, 0) is 19.0 Å². The number of aliphatic hydroxyl groups excluding tert-OH is 1. The number of esters is 1. The topological polar surface area (TPSA) is 65.0 Å². The summed E-state index contributed by atoms with van der Waals surface area (Å²) in [5.41, 5.74) is 0. The average Bonchev–Trinajstić information content (AvgIpc) is 2.57. The van der Waals surface area contributed by atoms with Crippen molar-refractivity contribution in [2.45, 2.75) is 38.3 Å². The summed E-state index contributed by atoms with van der Waals surface area (Å²) >= 11 is 0. The fraction of sp³-hybridized carbons (Fsp3) is 0.727. The molecule has 92 valence electrons.